The van der Waals surface area contributed by atoms with Crippen molar-refractivity contribution < 1.29 is 14.2 Å². The quantitative estimate of drug-likeness (QED) is 0.763. The summed E-state index contributed by atoms with van der Waals surface area (Å²) in [6.45, 7) is 3.97. The third-order valence-electron chi connectivity index (χ3n) is 3.93. The molecule has 1 N–H and O–H groups in total. The number of aliphatic hydroxyl groups is 1. The molecule has 2 aromatic carbocycles. The zero-order chi connectivity index (χ0) is 16.2. The zero-order valence-corrected chi connectivity index (χ0v) is 14.4. The van der Waals surface area contributed by atoms with Crippen molar-refractivity contribution in [2.24, 2.45) is 0 Å². The summed E-state index contributed by atoms with van der Waals surface area (Å²) < 4.78 is 20.9. The second kappa shape index (κ2) is 7.25. The number of hydrogen-bond acceptors (Lipinski definition) is 2. The number of benzene rings is 2. The molecule has 2 aromatic rings. The average molecular weight is 367 g/mol. The van der Waals surface area contributed by atoms with E-state index in [2.05, 4.69) is 15.9 Å². The Morgan fingerprint density at radius 2 is 1.73 bits per heavy atom. The molecule has 4 heteroatoms. The van der Waals surface area contributed by atoms with Gasteiger partial charge in [0.15, 0.2) is 11.6 Å². The molecule has 2 nitrogen and oxygen atoms in total. The summed E-state index contributed by atoms with van der Waals surface area (Å²) in [6.07, 6.45) is 0.863. The number of halogens is 2. The topological polar surface area (TPSA) is 29.5 Å². The van der Waals surface area contributed by atoms with Crippen molar-refractivity contribution in [3.8, 4) is 5.75 Å². The molecule has 2 rings (SSSR count). The first-order valence-corrected chi connectivity index (χ1v) is 8.18. The van der Waals surface area contributed by atoms with Gasteiger partial charge in [0.2, 0.25) is 0 Å². The number of ether oxygens (including phenoxy) is 1. The van der Waals surface area contributed by atoms with E-state index in [4.69, 9.17) is 4.74 Å². The maximum absolute atomic E-state index is 14.8. The van der Waals surface area contributed by atoms with Gasteiger partial charge in [-0.2, -0.15) is 0 Å². The molecule has 0 radical (unpaired) electrons. The van der Waals surface area contributed by atoms with Crippen LogP contribution < -0.4 is 4.74 Å². The lowest BCUT2D eigenvalue weighted by Gasteiger charge is -2.28. The van der Waals surface area contributed by atoms with Crippen LogP contribution in [0.15, 0.2) is 46.9 Å². The van der Waals surface area contributed by atoms with Gasteiger partial charge in [0.05, 0.1) is 5.60 Å². The minimum Gasteiger partial charge on any atom is -0.486 e. The van der Waals surface area contributed by atoms with Gasteiger partial charge < -0.3 is 9.84 Å². The molecule has 0 aliphatic carbocycles. The molecule has 0 saturated carbocycles. The summed E-state index contributed by atoms with van der Waals surface area (Å²) in [6, 6.07) is 12.9. The van der Waals surface area contributed by atoms with E-state index in [1.165, 1.54) is 0 Å². The van der Waals surface area contributed by atoms with Crippen LogP contribution in [0.5, 0.6) is 5.75 Å². The third kappa shape index (κ3) is 3.50. The minimum atomic E-state index is -1.20. The van der Waals surface area contributed by atoms with E-state index in [1.807, 2.05) is 44.2 Å². The van der Waals surface area contributed by atoms with Crippen LogP contribution in [0.4, 0.5) is 4.39 Å². The van der Waals surface area contributed by atoms with Crippen LogP contribution in [0.2, 0.25) is 0 Å². The molecule has 0 unspecified atom stereocenters. The molecule has 0 aromatic heterocycles. The van der Waals surface area contributed by atoms with E-state index in [0.717, 1.165) is 5.56 Å². The molecular formula is C18H20BrFO2. The summed E-state index contributed by atoms with van der Waals surface area (Å²) in [4.78, 5) is 0. The molecule has 118 valence electrons. The number of rotatable bonds is 6. The smallest absolute Gasteiger partial charge is 0.172 e. The lowest BCUT2D eigenvalue weighted by Crippen LogP contribution is -2.26. The van der Waals surface area contributed by atoms with Crippen LogP contribution in [-0.4, -0.2) is 5.11 Å². The first-order chi connectivity index (χ1) is 10.5. The highest BCUT2D eigenvalue weighted by Crippen LogP contribution is 2.39. The van der Waals surface area contributed by atoms with Crippen molar-refractivity contribution in [2.45, 2.75) is 38.9 Å². The maximum atomic E-state index is 14.8. The molecule has 0 bridgehead atoms. The molecule has 0 atom stereocenters. The number of hydrogen-bond donors (Lipinski definition) is 1. The van der Waals surface area contributed by atoms with Crippen molar-refractivity contribution >= 4 is 15.9 Å². The first-order valence-electron chi connectivity index (χ1n) is 7.39. The van der Waals surface area contributed by atoms with Crippen LogP contribution >= 0.6 is 15.9 Å². The van der Waals surface area contributed by atoms with Crippen LogP contribution in [-0.2, 0) is 12.2 Å². The van der Waals surface area contributed by atoms with E-state index >= 15 is 0 Å². The summed E-state index contributed by atoms with van der Waals surface area (Å²) >= 11 is 3.34. The van der Waals surface area contributed by atoms with Crippen molar-refractivity contribution in [2.75, 3.05) is 0 Å². The van der Waals surface area contributed by atoms with E-state index in [1.54, 1.807) is 12.1 Å². The monoisotopic (exact) mass is 366 g/mol. The molecular weight excluding hydrogens is 347 g/mol. The van der Waals surface area contributed by atoms with Gasteiger partial charge in [-0.1, -0.05) is 60.1 Å². The molecule has 0 aliphatic heterocycles. The minimum absolute atomic E-state index is 0.155. The van der Waals surface area contributed by atoms with Gasteiger partial charge in [0.1, 0.15) is 6.61 Å². The fraction of sp³-hybridized carbons (Fsp3) is 0.333. The second-order valence-electron chi connectivity index (χ2n) is 5.25. The Balaban J connectivity index is 2.31. The molecule has 0 saturated heterocycles. The molecule has 0 amide bonds. The van der Waals surface area contributed by atoms with Crippen molar-refractivity contribution in [1.82, 2.24) is 0 Å². The average Bonchev–Trinajstić information content (AvgIpc) is 2.55. The van der Waals surface area contributed by atoms with Gasteiger partial charge in [-0.05, 0) is 30.5 Å². The van der Waals surface area contributed by atoms with Crippen LogP contribution in [0.1, 0.15) is 37.8 Å². The zero-order valence-electron chi connectivity index (χ0n) is 12.8. The van der Waals surface area contributed by atoms with Crippen molar-refractivity contribution in [3.05, 3.63) is 63.9 Å². The van der Waals surface area contributed by atoms with Gasteiger partial charge in [-0.15, -0.1) is 0 Å². The fourth-order valence-corrected chi connectivity index (χ4v) is 3.09. The van der Waals surface area contributed by atoms with Gasteiger partial charge >= 0.3 is 0 Å². The molecule has 0 spiro atoms. The molecule has 0 fully saturated rings. The predicted molar refractivity (Wildman–Crippen MR) is 89.4 cm³/mol. The van der Waals surface area contributed by atoms with Crippen LogP contribution in [0.3, 0.4) is 0 Å². The maximum Gasteiger partial charge on any atom is 0.172 e. The SMILES string of the molecule is CCC(O)(CC)c1c(Br)ccc(OCc2ccccc2)c1F. The second-order valence-corrected chi connectivity index (χ2v) is 6.10. The van der Waals surface area contributed by atoms with E-state index < -0.39 is 11.4 Å². The highest BCUT2D eigenvalue weighted by atomic mass is 79.9. The summed E-state index contributed by atoms with van der Waals surface area (Å²) in [5.74, 6) is -0.348. The van der Waals surface area contributed by atoms with Crippen LogP contribution in [0, 0.1) is 5.82 Å². The Morgan fingerprint density at radius 3 is 2.32 bits per heavy atom. The van der Waals surface area contributed by atoms with E-state index in [-0.39, 0.29) is 17.9 Å². The Bertz CT molecular complexity index is 624. The lowest BCUT2D eigenvalue weighted by molar-refractivity contribution is 0.0235. The summed E-state index contributed by atoms with van der Waals surface area (Å²) in [7, 11) is 0. The normalized spacial score (nSPS) is 11.5. The van der Waals surface area contributed by atoms with Crippen molar-refractivity contribution in [1.29, 1.82) is 0 Å². The van der Waals surface area contributed by atoms with E-state index in [0.29, 0.717) is 17.3 Å². The predicted octanol–water partition coefficient (Wildman–Crippen LogP) is 5.17. The Hall–Kier alpha value is -1.39. The fourth-order valence-electron chi connectivity index (χ4n) is 2.41. The molecule has 22 heavy (non-hydrogen) atoms. The summed E-state index contributed by atoms with van der Waals surface area (Å²) in [5, 5.41) is 10.6. The molecule has 0 heterocycles. The van der Waals surface area contributed by atoms with Crippen molar-refractivity contribution in [3.63, 3.8) is 0 Å². The van der Waals surface area contributed by atoms with Gasteiger partial charge in [-0.3, -0.25) is 0 Å². The first kappa shape index (κ1) is 17.0. The Kier molecular flexibility index (Phi) is 5.59. The van der Waals surface area contributed by atoms with Crippen LogP contribution in [0.25, 0.3) is 0 Å². The Morgan fingerprint density at radius 1 is 1.09 bits per heavy atom. The lowest BCUT2D eigenvalue weighted by atomic mass is 9.88. The van der Waals surface area contributed by atoms with Gasteiger partial charge in [0, 0.05) is 10.0 Å². The third-order valence-corrected chi connectivity index (χ3v) is 4.59. The summed E-state index contributed by atoms with van der Waals surface area (Å²) in [5.41, 5.74) is 0.0327. The largest absolute Gasteiger partial charge is 0.486 e. The molecule has 0 aliphatic rings. The standard InChI is InChI=1S/C18H20BrFO2/c1-3-18(21,4-2)16-14(19)10-11-15(17(16)20)22-12-13-8-6-5-7-9-13/h5-11,21H,3-4,12H2,1-2H3. The Labute approximate surface area is 139 Å². The van der Waals surface area contributed by atoms with Gasteiger partial charge in [-0.25, -0.2) is 4.39 Å². The highest BCUT2D eigenvalue weighted by molar-refractivity contribution is 9.10. The van der Waals surface area contributed by atoms with Gasteiger partial charge in [0.25, 0.3) is 0 Å². The van der Waals surface area contributed by atoms with E-state index in [9.17, 15) is 9.50 Å². The highest BCUT2D eigenvalue weighted by Gasteiger charge is 2.32.